The summed E-state index contributed by atoms with van der Waals surface area (Å²) in [6, 6.07) is 19.3. The van der Waals surface area contributed by atoms with Crippen LogP contribution in [0, 0.1) is 11.3 Å². The van der Waals surface area contributed by atoms with Gasteiger partial charge >= 0.3 is 0 Å². The Kier molecular flexibility index (Phi) is 5.99. The number of rotatable bonds is 5. The van der Waals surface area contributed by atoms with Crippen LogP contribution < -0.4 is 4.74 Å². The summed E-state index contributed by atoms with van der Waals surface area (Å²) in [6.07, 6.45) is 5.35. The Labute approximate surface area is 182 Å². The van der Waals surface area contributed by atoms with Crippen molar-refractivity contribution < 1.29 is 14.3 Å². The maximum Gasteiger partial charge on any atom is 0.271 e. The Bertz CT molecular complexity index is 1090. The van der Waals surface area contributed by atoms with E-state index in [1.54, 1.807) is 13.0 Å². The molecule has 2 aromatic carbocycles. The summed E-state index contributed by atoms with van der Waals surface area (Å²) in [5.41, 5.74) is 2.80. The number of ether oxygens (including phenoxy) is 1. The van der Waals surface area contributed by atoms with Gasteiger partial charge in [0, 0.05) is 11.6 Å². The zero-order chi connectivity index (χ0) is 21.8. The second kappa shape index (κ2) is 9.01. The minimum atomic E-state index is -0.460. The molecule has 1 saturated carbocycles. The van der Waals surface area contributed by atoms with Crippen LogP contribution in [0.1, 0.15) is 43.7 Å². The van der Waals surface area contributed by atoms with Gasteiger partial charge in [0.05, 0.1) is 0 Å². The predicted molar refractivity (Wildman–Crippen MR) is 118 cm³/mol. The number of nitrogens with zero attached hydrogens (tertiary/aromatic N) is 2. The van der Waals surface area contributed by atoms with Crippen LogP contribution in [0.15, 0.2) is 71.3 Å². The van der Waals surface area contributed by atoms with E-state index in [-0.39, 0.29) is 17.5 Å². The lowest BCUT2D eigenvalue weighted by Gasteiger charge is -2.32. The molecule has 2 amide bonds. The molecule has 4 rings (SSSR count). The van der Waals surface area contributed by atoms with Gasteiger partial charge < -0.3 is 4.74 Å². The first-order valence-corrected chi connectivity index (χ1v) is 10.6. The van der Waals surface area contributed by atoms with Gasteiger partial charge in [-0.15, -0.1) is 0 Å². The largest absolute Gasteiger partial charge is 0.489 e. The SMILES string of the molecule is CC1=C(C#N)C(=O)N(C2CCCC2)C(=O)/C1=C/c1ccc(OCc2ccccc2)cc1. The van der Waals surface area contributed by atoms with Crippen LogP contribution in [0.5, 0.6) is 5.75 Å². The van der Waals surface area contributed by atoms with Crippen LogP contribution in [-0.4, -0.2) is 22.8 Å². The molecule has 31 heavy (non-hydrogen) atoms. The first-order valence-electron chi connectivity index (χ1n) is 10.6. The molecule has 2 aromatic rings. The molecule has 0 bridgehead atoms. The average molecular weight is 412 g/mol. The molecule has 5 heteroatoms. The van der Waals surface area contributed by atoms with Gasteiger partial charge in [-0.3, -0.25) is 14.5 Å². The Morgan fingerprint density at radius 3 is 2.35 bits per heavy atom. The molecule has 0 aromatic heterocycles. The van der Waals surface area contributed by atoms with Crippen molar-refractivity contribution in [2.45, 2.75) is 45.3 Å². The van der Waals surface area contributed by atoms with Gasteiger partial charge in [0.25, 0.3) is 11.8 Å². The summed E-state index contributed by atoms with van der Waals surface area (Å²) in [6.45, 7) is 2.15. The molecule has 1 aliphatic carbocycles. The highest BCUT2D eigenvalue weighted by atomic mass is 16.5. The van der Waals surface area contributed by atoms with E-state index in [0.29, 0.717) is 17.8 Å². The molecular formula is C26H24N2O3. The maximum atomic E-state index is 13.2. The Hall–Kier alpha value is -3.65. The second-order valence-corrected chi connectivity index (χ2v) is 7.93. The van der Waals surface area contributed by atoms with Gasteiger partial charge in [0.2, 0.25) is 0 Å². The zero-order valence-corrected chi connectivity index (χ0v) is 17.5. The molecule has 0 unspecified atom stereocenters. The van der Waals surface area contributed by atoms with Crippen LogP contribution in [0.3, 0.4) is 0 Å². The number of carbonyl (C=O) groups is 2. The molecule has 0 radical (unpaired) electrons. The van der Waals surface area contributed by atoms with E-state index in [2.05, 4.69) is 0 Å². The van der Waals surface area contributed by atoms with E-state index in [0.717, 1.165) is 42.6 Å². The Balaban J connectivity index is 1.57. The molecule has 0 N–H and O–H groups in total. The van der Waals surface area contributed by atoms with Crippen molar-refractivity contribution in [3.8, 4) is 11.8 Å². The number of hydrogen-bond acceptors (Lipinski definition) is 4. The lowest BCUT2D eigenvalue weighted by Crippen LogP contribution is -2.47. The summed E-state index contributed by atoms with van der Waals surface area (Å²) in [7, 11) is 0. The minimum Gasteiger partial charge on any atom is -0.489 e. The zero-order valence-electron chi connectivity index (χ0n) is 17.5. The van der Waals surface area contributed by atoms with Crippen molar-refractivity contribution in [2.24, 2.45) is 0 Å². The van der Waals surface area contributed by atoms with Crippen LogP contribution in [0.25, 0.3) is 6.08 Å². The smallest absolute Gasteiger partial charge is 0.271 e. The van der Waals surface area contributed by atoms with E-state index < -0.39 is 5.91 Å². The molecular weight excluding hydrogens is 388 g/mol. The topological polar surface area (TPSA) is 70.4 Å². The molecule has 2 aliphatic rings. The average Bonchev–Trinajstić information content (AvgIpc) is 3.31. The molecule has 0 spiro atoms. The molecule has 0 atom stereocenters. The first kappa shape index (κ1) is 20.6. The van der Waals surface area contributed by atoms with E-state index in [1.807, 2.05) is 60.7 Å². The number of carbonyl (C=O) groups excluding carboxylic acids is 2. The van der Waals surface area contributed by atoms with Gasteiger partial charge in [-0.25, -0.2) is 0 Å². The quantitative estimate of drug-likeness (QED) is 0.522. The second-order valence-electron chi connectivity index (χ2n) is 7.93. The number of nitriles is 1. The maximum absolute atomic E-state index is 13.2. The van der Waals surface area contributed by atoms with Gasteiger partial charge in [0.1, 0.15) is 24.0 Å². The lowest BCUT2D eigenvalue weighted by atomic mass is 9.92. The van der Waals surface area contributed by atoms with Crippen LogP contribution >= 0.6 is 0 Å². The van der Waals surface area contributed by atoms with Gasteiger partial charge in [-0.05, 0) is 54.7 Å². The lowest BCUT2D eigenvalue weighted by molar-refractivity contribution is -0.143. The van der Waals surface area contributed by atoms with Crippen molar-refractivity contribution in [3.63, 3.8) is 0 Å². The van der Waals surface area contributed by atoms with E-state index in [9.17, 15) is 14.9 Å². The van der Waals surface area contributed by atoms with E-state index >= 15 is 0 Å². The van der Waals surface area contributed by atoms with Crippen LogP contribution in [0.2, 0.25) is 0 Å². The van der Waals surface area contributed by atoms with Crippen LogP contribution in [0.4, 0.5) is 0 Å². The van der Waals surface area contributed by atoms with E-state index in [4.69, 9.17) is 4.74 Å². The normalized spacial score (nSPS) is 18.6. The third kappa shape index (κ3) is 4.29. The van der Waals surface area contributed by atoms with Crippen molar-refractivity contribution in [2.75, 3.05) is 0 Å². The third-order valence-electron chi connectivity index (χ3n) is 5.90. The van der Waals surface area contributed by atoms with Crippen molar-refractivity contribution >= 4 is 17.9 Å². The van der Waals surface area contributed by atoms with Gasteiger partial charge in [-0.1, -0.05) is 55.3 Å². The predicted octanol–water partition coefficient (Wildman–Crippen LogP) is 4.80. The number of hydrogen-bond donors (Lipinski definition) is 0. The Morgan fingerprint density at radius 1 is 1.03 bits per heavy atom. The molecule has 1 heterocycles. The molecule has 1 fully saturated rings. The summed E-state index contributed by atoms with van der Waals surface area (Å²) in [5.74, 6) is -0.0368. The fourth-order valence-electron chi connectivity index (χ4n) is 4.16. The monoisotopic (exact) mass is 412 g/mol. The number of imide groups is 1. The summed E-state index contributed by atoms with van der Waals surface area (Å²) < 4.78 is 5.82. The van der Waals surface area contributed by atoms with Crippen molar-refractivity contribution in [3.05, 3.63) is 82.4 Å². The Morgan fingerprint density at radius 2 is 1.71 bits per heavy atom. The van der Waals surface area contributed by atoms with Crippen molar-refractivity contribution in [1.29, 1.82) is 5.26 Å². The molecule has 5 nitrogen and oxygen atoms in total. The minimum absolute atomic E-state index is 0.0561. The molecule has 156 valence electrons. The highest BCUT2D eigenvalue weighted by Gasteiger charge is 2.40. The summed E-state index contributed by atoms with van der Waals surface area (Å²) in [4.78, 5) is 27.3. The standard InChI is InChI=1S/C26H24N2O3/c1-18-23(25(29)28(21-9-5-6-10-21)26(30)24(18)16-27)15-19-11-13-22(14-12-19)31-17-20-7-3-2-4-8-20/h2-4,7-8,11-15,21H,5-6,9-10,17H2,1H3/b23-15+. The first-order chi connectivity index (χ1) is 15.1. The summed E-state index contributed by atoms with van der Waals surface area (Å²) in [5, 5.41) is 9.54. The van der Waals surface area contributed by atoms with Gasteiger partial charge in [-0.2, -0.15) is 5.26 Å². The van der Waals surface area contributed by atoms with E-state index in [1.165, 1.54) is 4.90 Å². The number of benzene rings is 2. The third-order valence-corrected chi connectivity index (χ3v) is 5.90. The highest BCUT2D eigenvalue weighted by Crippen LogP contribution is 2.33. The summed E-state index contributed by atoms with van der Waals surface area (Å²) >= 11 is 0. The fraction of sp³-hybridized carbons (Fsp3) is 0.269. The molecule has 1 aliphatic heterocycles. The number of amides is 2. The van der Waals surface area contributed by atoms with Crippen LogP contribution in [-0.2, 0) is 16.2 Å². The van der Waals surface area contributed by atoms with Gasteiger partial charge in [0.15, 0.2) is 0 Å². The fourth-order valence-corrected chi connectivity index (χ4v) is 4.16. The molecule has 0 saturated heterocycles. The highest BCUT2D eigenvalue weighted by molar-refractivity contribution is 6.19. The van der Waals surface area contributed by atoms with Crippen molar-refractivity contribution in [1.82, 2.24) is 4.90 Å².